The Hall–Kier alpha value is -1.98. The van der Waals surface area contributed by atoms with Crippen LogP contribution >= 0.6 is 0 Å². The fourth-order valence-corrected chi connectivity index (χ4v) is 1.75. The molecule has 2 aromatic rings. The molecular formula is C12H16FN5. The minimum absolute atomic E-state index is 0.285. The summed E-state index contributed by atoms with van der Waals surface area (Å²) in [6.45, 7) is 7.65. The largest absolute Gasteiger partial charge is 0.398 e. The van der Waals surface area contributed by atoms with E-state index >= 15 is 0 Å². The standard InChI is InChI=1S/C12H16FN5/c1-7-9(14)6-5-8(13)10(7)18-11(12(2,3)4)15-16-17-18/h5-6H,14H2,1-4H3. The van der Waals surface area contributed by atoms with Gasteiger partial charge in [0.15, 0.2) is 5.82 Å². The van der Waals surface area contributed by atoms with Gasteiger partial charge in [-0.05, 0) is 29.5 Å². The number of nitrogen functional groups attached to an aromatic ring is 1. The van der Waals surface area contributed by atoms with Gasteiger partial charge < -0.3 is 5.73 Å². The molecule has 0 unspecified atom stereocenters. The van der Waals surface area contributed by atoms with E-state index in [1.165, 1.54) is 16.8 Å². The average Bonchev–Trinajstić information content (AvgIpc) is 2.73. The van der Waals surface area contributed by atoms with E-state index in [1.54, 1.807) is 6.92 Å². The molecule has 0 bridgehead atoms. The third-order valence-corrected chi connectivity index (χ3v) is 2.78. The minimum atomic E-state index is -0.389. The number of benzene rings is 1. The van der Waals surface area contributed by atoms with Gasteiger partial charge in [0.2, 0.25) is 0 Å². The van der Waals surface area contributed by atoms with Crippen LogP contribution < -0.4 is 5.73 Å². The van der Waals surface area contributed by atoms with Gasteiger partial charge in [-0.2, -0.15) is 4.68 Å². The Bertz CT molecular complexity index is 583. The lowest BCUT2D eigenvalue weighted by Crippen LogP contribution is -2.20. The fourth-order valence-electron chi connectivity index (χ4n) is 1.75. The van der Waals surface area contributed by atoms with Crippen molar-refractivity contribution in [3.63, 3.8) is 0 Å². The van der Waals surface area contributed by atoms with E-state index in [4.69, 9.17) is 5.73 Å². The Labute approximate surface area is 105 Å². The molecule has 0 aliphatic carbocycles. The number of aromatic nitrogens is 4. The van der Waals surface area contributed by atoms with Gasteiger partial charge in [0.25, 0.3) is 0 Å². The highest BCUT2D eigenvalue weighted by molar-refractivity contribution is 5.57. The van der Waals surface area contributed by atoms with Crippen LogP contribution in [0.15, 0.2) is 12.1 Å². The second-order valence-corrected chi connectivity index (χ2v) is 5.27. The van der Waals surface area contributed by atoms with Gasteiger partial charge in [-0.1, -0.05) is 20.8 Å². The average molecular weight is 249 g/mol. The number of nitrogens with zero attached hydrogens (tertiary/aromatic N) is 4. The van der Waals surface area contributed by atoms with Crippen molar-refractivity contribution in [2.45, 2.75) is 33.1 Å². The molecule has 0 aliphatic rings. The van der Waals surface area contributed by atoms with E-state index < -0.39 is 0 Å². The first kappa shape index (κ1) is 12.5. The van der Waals surface area contributed by atoms with E-state index in [0.717, 1.165) is 0 Å². The quantitative estimate of drug-likeness (QED) is 0.785. The normalized spacial score (nSPS) is 11.8. The lowest BCUT2D eigenvalue weighted by Gasteiger charge is -2.18. The zero-order chi connectivity index (χ0) is 13.5. The van der Waals surface area contributed by atoms with Gasteiger partial charge in [0.1, 0.15) is 11.5 Å². The number of nitrogens with two attached hydrogens (primary N) is 1. The van der Waals surface area contributed by atoms with Crippen molar-refractivity contribution in [3.8, 4) is 5.69 Å². The highest BCUT2D eigenvalue weighted by Crippen LogP contribution is 2.27. The van der Waals surface area contributed by atoms with Gasteiger partial charge in [0, 0.05) is 16.7 Å². The number of halogens is 1. The SMILES string of the molecule is Cc1c(N)ccc(F)c1-n1nnnc1C(C)(C)C. The summed E-state index contributed by atoms with van der Waals surface area (Å²) in [6, 6.07) is 2.86. The fraction of sp³-hybridized carbons (Fsp3) is 0.417. The van der Waals surface area contributed by atoms with Crippen molar-refractivity contribution >= 4 is 5.69 Å². The van der Waals surface area contributed by atoms with Crippen LogP contribution in [0.25, 0.3) is 5.69 Å². The Morgan fingerprint density at radius 3 is 2.56 bits per heavy atom. The van der Waals surface area contributed by atoms with E-state index in [9.17, 15) is 4.39 Å². The smallest absolute Gasteiger partial charge is 0.162 e. The summed E-state index contributed by atoms with van der Waals surface area (Å²) in [6.07, 6.45) is 0. The first-order valence-corrected chi connectivity index (χ1v) is 5.66. The number of tetrazole rings is 1. The maximum absolute atomic E-state index is 14.0. The molecule has 2 rings (SSSR count). The number of anilines is 1. The second kappa shape index (κ2) is 4.04. The molecule has 0 amide bonds. The third kappa shape index (κ3) is 1.94. The molecule has 0 aliphatic heterocycles. The Morgan fingerprint density at radius 1 is 1.28 bits per heavy atom. The lowest BCUT2D eigenvalue weighted by molar-refractivity contribution is 0.516. The summed E-state index contributed by atoms with van der Waals surface area (Å²) < 4.78 is 15.4. The van der Waals surface area contributed by atoms with Crippen LogP contribution in [0.1, 0.15) is 32.2 Å². The van der Waals surface area contributed by atoms with Gasteiger partial charge in [-0.3, -0.25) is 0 Å². The molecule has 0 saturated carbocycles. The Balaban J connectivity index is 2.71. The predicted octanol–water partition coefficient (Wildman–Crippen LogP) is 1.99. The van der Waals surface area contributed by atoms with E-state index in [-0.39, 0.29) is 11.2 Å². The first-order chi connectivity index (χ1) is 8.32. The molecule has 1 heterocycles. The molecule has 0 spiro atoms. The van der Waals surface area contributed by atoms with Gasteiger partial charge in [0.05, 0.1) is 0 Å². The monoisotopic (exact) mass is 249 g/mol. The summed E-state index contributed by atoms with van der Waals surface area (Å²) in [5.41, 5.74) is 6.98. The topological polar surface area (TPSA) is 69.6 Å². The zero-order valence-corrected chi connectivity index (χ0v) is 10.9. The number of rotatable bonds is 1. The Morgan fingerprint density at radius 2 is 1.94 bits per heavy atom. The third-order valence-electron chi connectivity index (χ3n) is 2.78. The van der Waals surface area contributed by atoms with Crippen LogP contribution in [0.4, 0.5) is 10.1 Å². The highest BCUT2D eigenvalue weighted by Gasteiger charge is 2.25. The molecule has 1 aromatic heterocycles. The second-order valence-electron chi connectivity index (χ2n) is 5.27. The minimum Gasteiger partial charge on any atom is -0.398 e. The molecule has 96 valence electrons. The maximum Gasteiger partial charge on any atom is 0.162 e. The van der Waals surface area contributed by atoms with E-state index in [0.29, 0.717) is 22.8 Å². The van der Waals surface area contributed by atoms with Gasteiger partial charge >= 0.3 is 0 Å². The van der Waals surface area contributed by atoms with Crippen LogP contribution in [-0.2, 0) is 5.41 Å². The maximum atomic E-state index is 14.0. The molecule has 5 nitrogen and oxygen atoms in total. The van der Waals surface area contributed by atoms with Crippen LogP contribution in [0.5, 0.6) is 0 Å². The summed E-state index contributed by atoms with van der Waals surface area (Å²) in [4.78, 5) is 0. The summed E-state index contributed by atoms with van der Waals surface area (Å²) in [7, 11) is 0. The van der Waals surface area contributed by atoms with Crippen LogP contribution in [0.2, 0.25) is 0 Å². The molecule has 0 atom stereocenters. The predicted molar refractivity (Wildman–Crippen MR) is 67.0 cm³/mol. The van der Waals surface area contributed by atoms with Crippen molar-refractivity contribution in [1.82, 2.24) is 20.2 Å². The summed E-state index contributed by atoms with van der Waals surface area (Å²) in [5.74, 6) is 0.203. The molecule has 1 aromatic carbocycles. The molecule has 0 saturated heterocycles. The van der Waals surface area contributed by atoms with Crippen molar-refractivity contribution in [2.24, 2.45) is 0 Å². The summed E-state index contributed by atoms with van der Waals surface area (Å²) in [5, 5.41) is 11.5. The lowest BCUT2D eigenvalue weighted by atomic mass is 9.95. The molecule has 0 radical (unpaired) electrons. The van der Waals surface area contributed by atoms with Gasteiger partial charge in [-0.25, -0.2) is 4.39 Å². The van der Waals surface area contributed by atoms with E-state index in [2.05, 4.69) is 15.5 Å². The first-order valence-electron chi connectivity index (χ1n) is 5.66. The highest BCUT2D eigenvalue weighted by atomic mass is 19.1. The van der Waals surface area contributed by atoms with Crippen molar-refractivity contribution in [1.29, 1.82) is 0 Å². The van der Waals surface area contributed by atoms with Crippen LogP contribution in [0.3, 0.4) is 0 Å². The molecule has 18 heavy (non-hydrogen) atoms. The molecule has 6 heteroatoms. The molecule has 2 N–H and O–H groups in total. The molecular weight excluding hydrogens is 233 g/mol. The Kier molecular flexibility index (Phi) is 2.80. The van der Waals surface area contributed by atoms with Crippen LogP contribution in [-0.4, -0.2) is 20.2 Å². The van der Waals surface area contributed by atoms with E-state index in [1.807, 2.05) is 20.8 Å². The molecule has 0 fully saturated rings. The van der Waals surface area contributed by atoms with Crippen molar-refractivity contribution in [3.05, 3.63) is 29.3 Å². The number of hydrogen-bond donors (Lipinski definition) is 1. The van der Waals surface area contributed by atoms with Crippen LogP contribution in [0, 0.1) is 12.7 Å². The van der Waals surface area contributed by atoms with Gasteiger partial charge in [-0.15, -0.1) is 5.10 Å². The van der Waals surface area contributed by atoms with Crippen molar-refractivity contribution in [2.75, 3.05) is 5.73 Å². The zero-order valence-electron chi connectivity index (χ0n) is 10.9. The number of hydrogen-bond acceptors (Lipinski definition) is 4. The summed E-state index contributed by atoms with van der Waals surface area (Å²) >= 11 is 0. The van der Waals surface area contributed by atoms with Crippen molar-refractivity contribution < 1.29 is 4.39 Å².